The number of carboxylic acids is 1. The van der Waals surface area contributed by atoms with Crippen LogP contribution in [0.5, 0.6) is 0 Å². The number of rotatable bonds is 3. The number of carbonyl (C=O) groups is 1. The van der Waals surface area contributed by atoms with E-state index in [4.69, 9.17) is 16.7 Å². The van der Waals surface area contributed by atoms with Gasteiger partial charge in [0.25, 0.3) is 10.0 Å². The van der Waals surface area contributed by atoms with Crippen molar-refractivity contribution in [3.8, 4) is 0 Å². The molecule has 2 heterocycles. The lowest BCUT2D eigenvalue weighted by atomic mass is 10.1. The third-order valence-corrected chi connectivity index (χ3v) is 5.55. The minimum Gasteiger partial charge on any atom is -0.480 e. The molecule has 1 aliphatic rings. The summed E-state index contributed by atoms with van der Waals surface area (Å²) in [6, 6.07) is -1.04. The van der Waals surface area contributed by atoms with E-state index in [-0.39, 0.29) is 16.6 Å². The smallest absolute Gasteiger partial charge is 0.322 e. The Morgan fingerprint density at radius 3 is 2.74 bits per heavy atom. The number of halogens is 1. The normalized spacial score (nSPS) is 21.5. The summed E-state index contributed by atoms with van der Waals surface area (Å²) in [6.45, 7) is 0.181. The Hall–Kier alpha value is -1.12. The number of hydrogen-bond donors (Lipinski definition) is 1. The maximum Gasteiger partial charge on any atom is 0.322 e. The predicted molar refractivity (Wildman–Crippen MR) is 67.4 cm³/mol. The fourth-order valence-corrected chi connectivity index (χ4v) is 4.50. The SMILES string of the molecule is Cn1ncc(Cl)c1S(=O)(=O)N1CCCC[C@@H]1C(=O)O. The van der Waals surface area contributed by atoms with Crippen molar-refractivity contribution in [2.24, 2.45) is 7.05 Å². The van der Waals surface area contributed by atoms with Gasteiger partial charge in [0.05, 0.1) is 11.2 Å². The lowest BCUT2D eigenvalue weighted by Crippen LogP contribution is -2.48. The van der Waals surface area contributed by atoms with Gasteiger partial charge in [-0.15, -0.1) is 0 Å². The van der Waals surface area contributed by atoms with Gasteiger partial charge in [-0.05, 0) is 19.3 Å². The van der Waals surface area contributed by atoms with Gasteiger partial charge in [-0.1, -0.05) is 11.6 Å². The van der Waals surface area contributed by atoms with Crippen molar-refractivity contribution in [2.45, 2.75) is 30.3 Å². The molecule has 0 bridgehead atoms. The van der Waals surface area contributed by atoms with Gasteiger partial charge in [0.2, 0.25) is 0 Å². The number of sulfonamides is 1. The first kappa shape index (κ1) is 14.3. The molecule has 1 saturated heterocycles. The zero-order chi connectivity index (χ0) is 14.2. The van der Waals surface area contributed by atoms with Crippen LogP contribution >= 0.6 is 11.6 Å². The molecular formula is C10H14ClN3O4S. The summed E-state index contributed by atoms with van der Waals surface area (Å²) in [4.78, 5) is 11.2. The van der Waals surface area contributed by atoms with Crippen LogP contribution in [0.2, 0.25) is 5.02 Å². The van der Waals surface area contributed by atoms with E-state index in [1.54, 1.807) is 0 Å². The molecule has 0 unspecified atom stereocenters. The van der Waals surface area contributed by atoms with Crippen LogP contribution in [0.15, 0.2) is 11.2 Å². The van der Waals surface area contributed by atoms with Crippen LogP contribution in [0.3, 0.4) is 0 Å². The maximum atomic E-state index is 12.5. The van der Waals surface area contributed by atoms with Crippen molar-refractivity contribution >= 4 is 27.6 Å². The Morgan fingerprint density at radius 2 is 2.21 bits per heavy atom. The largest absolute Gasteiger partial charge is 0.480 e. The highest BCUT2D eigenvalue weighted by atomic mass is 35.5. The zero-order valence-corrected chi connectivity index (χ0v) is 11.9. The fraction of sp³-hybridized carbons (Fsp3) is 0.600. The Kier molecular flexibility index (Phi) is 3.84. The molecule has 0 spiro atoms. The molecule has 1 fully saturated rings. The molecule has 106 valence electrons. The number of nitrogens with zero attached hydrogens (tertiary/aromatic N) is 3. The van der Waals surface area contributed by atoms with Crippen molar-refractivity contribution in [1.29, 1.82) is 0 Å². The van der Waals surface area contributed by atoms with E-state index >= 15 is 0 Å². The molecule has 1 aromatic rings. The second-order valence-corrected chi connectivity index (χ2v) is 6.60. The Labute approximate surface area is 115 Å². The molecule has 0 amide bonds. The van der Waals surface area contributed by atoms with Gasteiger partial charge in [0, 0.05) is 13.6 Å². The molecule has 0 saturated carbocycles. The number of carboxylic acid groups (broad SMARTS) is 1. The summed E-state index contributed by atoms with van der Waals surface area (Å²) < 4.78 is 27.2. The summed E-state index contributed by atoms with van der Waals surface area (Å²) in [7, 11) is -2.50. The summed E-state index contributed by atoms with van der Waals surface area (Å²) in [6.07, 6.45) is 2.87. The van der Waals surface area contributed by atoms with E-state index in [9.17, 15) is 13.2 Å². The average Bonchev–Trinajstić information content (AvgIpc) is 2.69. The Balaban J connectivity index is 2.46. The van der Waals surface area contributed by atoms with Gasteiger partial charge >= 0.3 is 5.97 Å². The van der Waals surface area contributed by atoms with E-state index in [1.807, 2.05) is 0 Å². The molecule has 1 atom stereocenters. The lowest BCUT2D eigenvalue weighted by molar-refractivity contribution is -0.142. The monoisotopic (exact) mass is 307 g/mol. The molecule has 1 N–H and O–H groups in total. The summed E-state index contributed by atoms with van der Waals surface area (Å²) in [5, 5.41) is 12.8. The third kappa shape index (κ3) is 2.47. The highest BCUT2D eigenvalue weighted by Gasteiger charge is 2.40. The van der Waals surface area contributed by atoms with E-state index in [0.717, 1.165) is 8.99 Å². The third-order valence-electron chi connectivity index (χ3n) is 3.13. The van der Waals surface area contributed by atoms with Crippen molar-refractivity contribution in [3.63, 3.8) is 0 Å². The Morgan fingerprint density at radius 1 is 1.53 bits per heavy atom. The van der Waals surface area contributed by atoms with Crippen LogP contribution in [-0.4, -0.2) is 46.2 Å². The van der Waals surface area contributed by atoms with Gasteiger partial charge in [-0.2, -0.15) is 9.40 Å². The van der Waals surface area contributed by atoms with Gasteiger partial charge in [0.15, 0.2) is 5.03 Å². The van der Waals surface area contributed by atoms with Crippen molar-refractivity contribution in [1.82, 2.24) is 14.1 Å². The van der Waals surface area contributed by atoms with Crippen LogP contribution in [0, 0.1) is 0 Å². The molecule has 1 aliphatic heterocycles. The van der Waals surface area contributed by atoms with Crippen LogP contribution < -0.4 is 0 Å². The van der Waals surface area contributed by atoms with Gasteiger partial charge in [-0.3, -0.25) is 9.48 Å². The quantitative estimate of drug-likeness (QED) is 0.887. The van der Waals surface area contributed by atoms with E-state index in [2.05, 4.69) is 5.10 Å². The minimum absolute atomic E-state index is 0.00258. The average molecular weight is 308 g/mol. The summed E-state index contributed by atoms with van der Waals surface area (Å²) in [5.74, 6) is -1.14. The fourth-order valence-electron chi connectivity index (χ4n) is 2.24. The van der Waals surface area contributed by atoms with E-state index in [0.29, 0.717) is 19.3 Å². The second-order valence-electron chi connectivity index (χ2n) is 4.39. The van der Waals surface area contributed by atoms with E-state index in [1.165, 1.54) is 13.2 Å². The Bertz CT molecular complexity index is 578. The molecule has 19 heavy (non-hydrogen) atoms. The lowest BCUT2D eigenvalue weighted by Gasteiger charge is -2.31. The van der Waals surface area contributed by atoms with Crippen LogP contribution in [0.1, 0.15) is 19.3 Å². The highest BCUT2D eigenvalue weighted by Crippen LogP contribution is 2.29. The summed E-state index contributed by atoms with van der Waals surface area (Å²) in [5.41, 5.74) is 0. The van der Waals surface area contributed by atoms with Crippen molar-refractivity contribution in [3.05, 3.63) is 11.2 Å². The summed E-state index contributed by atoms with van der Waals surface area (Å²) >= 11 is 5.84. The number of aliphatic carboxylic acids is 1. The molecule has 0 aliphatic carbocycles. The zero-order valence-electron chi connectivity index (χ0n) is 10.3. The van der Waals surface area contributed by atoms with Gasteiger partial charge in [0.1, 0.15) is 6.04 Å². The number of piperidine rings is 1. The van der Waals surface area contributed by atoms with Gasteiger partial charge < -0.3 is 5.11 Å². The molecule has 9 heteroatoms. The minimum atomic E-state index is -3.95. The topological polar surface area (TPSA) is 92.5 Å². The van der Waals surface area contributed by atoms with Crippen molar-refractivity contribution in [2.75, 3.05) is 6.54 Å². The van der Waals surface area contributed by atoms with Crippen LogP contribution in [-0.2, 0) is 21.9 Å². The van der Waals surface area contributed by atoms with Crippen molar-refractivity contribution < 1.29 is 18.3 Å². The second kappa shape index (κ2) is 5.10. The molecule has 0 radical (unpaired) electrons. The first-order valence-electron chi connectivity index (χ1n) is 5.78. The first-order valence-corrected chi connectivity index (χ1v) is 7.59. The van der Waals surface area contributed by atoms with Gasteiger partial charge in [-0.25, -0.2) is 8.42 Å². The number of aryl methyl sites for hydroxylation is 1. The van der Waals surface area contributed by atoms with Crippen LogP contribution in [0.25, 0.3) is 0 Å². The highest BCUT2D eigenvalue weighted by molar-refractivity contribution is 7.89. The number of aromatic nitrogens is 2. The maximum absolute atomic E-state index is 12.5. The van der Waals surface area contributed by atoms with E-state index < -0.39 is 22.0 Å². The molecule has 7 nitrogen and oxygen atoms in total. The first-order chi connectivity index (χ1) is 8.85. The molecular weight excluding hydrogens is 294 g/mol. The van der Waals surface area contributed by atoms with Crippen LogP contribution in [0.4, 0.5) is 0 Å². The molecule has 2 rings (SSSR count). The molecule has 1 aromatic heterocycles. The molecule has 0 aromatic carbocycles. The predicted octanol–water partition coefficient (Wildman–Crippen LogP) is 0.701. The number of hydrogen-bond acceptors (Lipinski definition) is 4. The standard InChI is InChI=1S/C10H14ClN3O4S/c1-13-9(7(11)6-12-13)19(17,18)14-5-3-2-4-8(14)10(15)16/h6,8H,2-5H2,1H3,(H,15,16)/t8-/m1/s1.